The van der Waals surface area contributed by atoms with Crippen molar-refractivity contribution in [2.24, 2.45) is 0 Å². The average Bonchev–Trinajstić information content (AvgIpc) is 3.39. The number of unbranched alkanes of at least 4 members (excludes halogenated alkanes) is 33. The first-order valence-electron chi connectivity index (χ1n) is 32.3. The highest BCUT2D eigenvalue weighted by Gasteiger charge is 2.30. The molecule has 0 fully saturated rings. The van der Waals surface area contributed by atoms with Crippen LogP contribution >= 0.6 is 7.82 Å². The van der Waals surface area contributed by atoms with E-state index in [0.29, 0.717) is 17.4 Å². The third-order valence-electron chi connectivity index (χ3n) is 14.1. The van der Waals surface area contributed by atoms with E-state index in [2.05, 4.69) is 86.8 Å². The molecule has 448 valence electrons. The molecular weight excluding hydrogens is 976 g/mol. The zero-order chi connectivity index (χ0) is 56.4. The molecule has 9 nitrogen and oxygen atoms in total. The van der Waals surface area contributed by atoms with Gasteiger partial charge in [-0.15, -0.1) is 0 Å². The molecule has 0 aromatic rings. The van der Waals surface area contributed by atoms with Gasteiger partial charge in [0.15, 0.2) is 0 Å². The molecule has 0 rings (SSSR count). The van der Waals surface area contributed by atoms with Crippen LogP contribution in [0.5, 0.6) is 0 Å². The Morgan fingerprint density at radius 2 is 0.831 bits per heavy atom. The lowest BCUT2D eigenvalue weighted by atomic mass is 10.0. The van der Waals surface area contributed by atoms with Gasteiger partial charge >= 0.3 is 13.8 Å². The second kappa shape index (κ2) is 56.7. The third-order valence-corrected chi connectivity index (χ3v) is 15.1. The standard InChI is InChI=1S/C67H123N2O7P/c1-7-10-13-16-19-22-25-27-29-30-31-32-33-34-35-36-37-38-40-41-44-47-50-53-56-59-66(70)68-64(63-75-77(72,73)74-62-61-69(4,5)6)65(58-55-52-49-46-43-24-21-18-15-12-9-3)76-67(71)60-57-54-51-48-45-42-39-28-26-23-20-17-14-11-8-2/h19-20,22-23,26-29,31-32,55,58,64-65H,7-18,21,24-25,30,33-54,56-57,59-63H2,1-6H3,(H-,68,70,72,73)/p+1/b22-19-,23-20+,28-26+,29-27-,32-31-,58-55-. The maximum atomic E-state index is 13.6. The fraction of sp³-hybridized carbons (Fsp3) is 0.791. The molecule has 0 aliphatic heterocycles. The first kappa shape index (κ1) is 74.5. The minimum Gasteiger partial charge on any atom is -0.456 e. The number of likely N-dealkylation sites (N-methyl/N-ethyl adjacent to an activating group) is 1. The van der Waals surface area contributed by atoms with Gasteiger partial charge in [0.2, 0.25) is 5.91 Å². The lowest BCUT2D eigenvalue weighted by Gasteiger charge is -2.27. The van der Waals surface area contributed by atoms with Crippen LogP contribution in [0.2, 0.25) is 0 Å². The molecular formula is C67H124N2O7P+. The van der Waals surface area contributed by atoms with Gasteiger partial charge in [0.25, 0.3) is 0 Å². The van der Waals surface area contributed by atoms with E-state index in [1.54, 1.807) is 0 Å². The quantitative estimate of drug-likeness (QED) is 0.0156. The number of hydrogen-bond acceptors (Lipinski definition) is 6. The van der Waals surface area contributed by atoms with Crippen LogP contribution in [0.3, 0.4) is 0 Å². The molecule has 0 aliphatic carbocycles. The highest BCUT2D eigenvalue weighted by molar-refractivity contribution is 7.47. The van der Waals surface area contributed by atoms with Crippen molar-refractivity contribution in [3.8, 4) is 0 Å². The largest absolute Gasteiger partial charge is 0.472 e. The summed E-state index contributed by atoms with van der Waals surface area (Å²) in [6.45, 7) is 6.95. The van der Waals surface area contributed by atoms with Crippen molar-refractivity contribution in [1.29, 1.82) is 0 Å². The van der Waals surface area contributed by atoms with E-state index in [4.69, 9.17) is 13.8 Å². The Hall–Kier alpha value is -2.55. The molecule has 3 atom stereocenters. The number of hydrogen-bond donors (Lipinski definition) is 2. The first-order chi connectivity index (χ1) is 37.4. The van der Waals surface area contributed by atoms with Gasteiger partial charge in [-0.2, -0.15) is 0 Å². The Morgan fingerprint density at radius 1 is 0.468 bits per heavy atom. The van der Waals surface area contributed by atoms with Crippen molar-refractivity contribution < 1.29 is 37.3 Å². The van der Waals surface area contributed by atoms with Crippen molar-refractivity contribution in [1.82, 2.24) is 5.32 Å². The van der Waals surface area contributed by atoms with Crippen LogP contribution in [0.25, 0.3) is 0 Å². The molecule has 0 radical (unpaired) electrons. The lowest BCUT2D eigenvalue weighted by Crippen LogP contribution is -2.47. The predicted molar refractivity (Wildman–Crippen MR) is 332 cm³/mol. The molecule has 0 saturated heterocycles. The van der Waals surface area contributed by atoms with E-state index in [1.807, 2.05) is 33.3 Å². The Morgan fingerprint density at radius 3 is 1.29 bits per heavy atom. The molecule has 2 N–H and O–H groups in total. The molecule has 0 spiro atoms. The number of allylic oxidation sites excluding steroid dienone is 11. The summed E-state index contributed by atoms with van der Waals surface area (Å²) in [4.78, 5) is 37.7. The van der Waals surface area contributed by atoms with Crippen LogP contribution in [-0.2, 0) is 27.9 Å². The summed E-state index contributed by atoms with van der Waals surface area (Å²) in [7, 11) is 1.49. The number of ether oxygens (including phenoxy) is 1. The van der Waals surface area contributed by atoms with Crippen LogP contribution in [0.1, 0.15) is 290 Å². The predicted octanol–water partition coefficient (Wildman–Crippen LogP) is 20.0. The fourth-order valence-corrected chi connectivity index (χ4v) is 9.85. The van der Waals surface area contributed by atoms with Crippen LogP contribution in [0.15, 0.2) is 72.9 Å². The van der Waals surface area contributed by atoms with Crippen LogP contribution in [-0.4, -0.2) is 74.3 Å². The minimum absolute atomic E-state index is 0.0361. The summed E-state index contributed by atoms with van der Waals surface area (Å²) in [5, 5.41) is 3.06. The zero-order valence-electron chi connectivity index (χ0n) is 51.2. The summed E-state index contributed by atoms with van der Waals surface area (Å²) >= 11 is 0. The summed E-state index contributed by atoms with van der Waals surface area (Å²) in [5.74, 6) is -0.518. The Bertz CT molecular complexity index is 1550. The molecule has 77 heavy (non-hydrogen) atoms. The Labute approximate surface area is 476 Å². The van der Waals surface area contributed by atoms with Gasteiger partial charge in [0, 0.05) is 12.8 Å². The van der Waals surface area contributed by atoms with E-state index in [9.17, 15) is 19.0 Å². The number of nitrogens with zero attached hydrogens (tertiary/aromatic N) is 1. The number of carbonyl (C=O) groups excluding carboxylic acids is 2. The molecule has 0 bridgehead atoms. The summed E-state index contributed by atoms with van der Waals surface area (Å²) < 4.78 is 30.7. The normalized spacial score (nSPS) is 14.1. The van der Waals surface area contributed by atoms with E-state index in [0.717, 1.165) is 89.9 Å². The Kier molecular flexibility index (Phi) is 54.8. The van der Waals surface area contributed by atoms with Gasteiger partial charge in [0.05, 0.1) is 33.8 Å². The summed E-state index contributed by atoms with van der Waals surface area (Å²) in [6.07, 6.45) is 73.3. The SMILES string of the molecule is CCCCC/C=C\C/C=C\C/C=C\CCCCCCCCCCCCCCC(=O)NC(COP(=O)(O)OCC[N+](C)(C)C)C(/C=C\CCCCCCCCCCC)OC(=O)CCCCCCCC/C=C/C=C/CCCCC. The molecule has 0 aliphatic rings. The number of nitrogens with one attached hydrogen (secondary N) is 1. The second-order valence-electron chi connectivity index (χ2n) is 23.0. The first-order valence-corrected chi connectivity index (χ1v) is 33.8. The number of phosphoric acid groups is 1. The average molecular weight is 1100 g/mol. The lowest BCUT2D eigenvalue weighted by molar-refractivity contribution is -0.870. The van der Waals surface area contributed by atoms with Gasteiger partial charge in [-0.05, 0) is 96.0 Å². The van der Waals surface area contributed by atoms with Crippen molar-refractivity contribution >= 4 is 19.7 Å². The molecule has 0 heterocycles. The maximum Gasteiger partial charge on any atom is 0.472 e. The van der Waals surface area contributed by atoms with E-state index < -0.39 is 20.0 Å². The number of quaternary nitrogens is 1. The third kappa shape index (κ3) is 57.9. The number of rotatable bonds is 58. The van der Waals surface area contributed by atoms with Gasteiger partial charge < -0.3 is 19.4 Å². The molecule has 0 saturated carbocycles. The molecule has 0 aromatic heterocycles. The summed E-state index contributed by atoms with van der Waals surface area (Å²) in [5.41, 5.74) is 0. The van der Waals surface area contributed by atoms with E-state index in [1.165, 1.54) is 167 Å². The van der Waals surface area contributed by atoms with Gasteiger partial charge in [-0.3, -0.25) is 18.6 Å². The van der Waals surface area contributed by atoms with Crippen LogP contribution < -0.4 is 5.32 Å². The fourth-order valence-electron chi connectivity index (χ4n) is 9.11. The van der Waals surface area contributed by atoms with E-state index >= 15 is 0 Å². The number of carbonyl (C=O) groups is 2. The summed E-state index contributed by atoms with van der Waals surface area (Å²) in [6, 6.07) is -0.856. The van der Waals surface area contributed by atoms with Gasteiger partial charge in [-0.25, -0.2) is 4.57 Å². The van der Waals surface area contributed by atoms with Crippen LogP contribution in [0, 0.1) is 0 Å². The number of phosphoric ester groups is 1. The van der Waals surface area contributed by atoms with Gasteiger partial charge in [-0.1, -0.05) is 255 Å². The smallest absolute Gasteiger partial charge is 0.456 e. The second-order valence-corrected chi connectivity index (χ2v) is 24.4. The van der Waals surface area contributed by atoms with Crippen molar-refractivity contribution in [2.75, 3.05) is 40.9 Å². The monoisotopic (exact) mass is 1100 g/mol. The molecule has 10 heteroatoms. The minimum atomic E-state index is -4.45. The highest BCUT2D eigenvalue weighted by Crippen LogP contribution is 2.43. The van der Waals surface area contributed by atoms with Crippen molar-refractivity contribution in [3.05, 3.63) is 72.9 Å². The number of amides is 1. The molecule has 1 amide bonds. The van der Waals surface area contributed by atoms with Crippen molar-refractivity contribution in [3.63, 3.8) is 0 Å². The van der Waals surface area contributed by atoms with Crippen LogP contribution in [0.4, 0.5) is 0 Å². The zero-order valence-corrected chi connectivity index (χ0v) is 52.1. The van der Waals surface area contributed by atoms with Gasteiger partial charge in [0.1, 0.15) is 19.3 Å². The molecule has 3 unspecified atom stereocenters. The topological polar surface area (TPSA) is 111 Å². The van der Waals surface area contributed by atoms with E-state index in [-0.39, 0.29) is 31.5 Å². The highest BCUT2D eigenvalue weighted by atomic mass is 31.2. The Balaban J connectivity index is 5.10. The number of esters is 1. The molecule has 0 aromatic carbocycles. The van der Waals surface area contributed by atoms with Crippen molar-refractivity contribution in [2.45, 2.75) is 303 Å². The maximum absolute atomic E-state index is 13.6.